The third kappa shape index (κ3) is 4.09. The number of nitrogens with one attached hydrogen (secondary N) is 2. The number of amides is 1. The van der Waals surface area contributed by atoms with Crippen molar-refractivity contribution in [2.45, 2.75) is 0 Å². The fourth-order valence-corrected chi connectivity index (χ4v) is 2.53. The van der Waals surface area contributed by atoms with Gasteiger partial charge in [-0.1, -0.05) is 16.8 Å². The van der Waals surface area contributed by atoms with Gasteiger partial charge in [-0.25, -0.2) is 5.43 Å². The van der Waals surface area contributed by atoms with Gasteiger partial charge in [-0.15, -0.1) is 0 Å². The van der Waals surface area contributed by atoms with Crippen molar-refractivity contribution in [3.05, 3.63) is 57.5 Å². The second-order valence-corrected chi connectivity index (χ2v) is 6.15. The third-order valence-electron chi connectivity index (χ3n) is 3.23. The quantitative estimate of drug-likeness (QED) is 0.605. The van der Waals surface area contributed by atoms with Gasteiger partial charge in [0, 0.05) is 15.1 Å². The molecule has 0 atom stereocenters. The first-order valence-corrected chi connectivity index (χ1v) is 8.23. The number of nitrogens with zero attached hydrogens (tertiary/aromatic N) is 2. The Morgan fingerprint density at radius 2 is 2.00 bits per heavy atom. The molecule has 0 spiro atoms. The van der Waals surface area contributed by atoms with Crippen molar-refractivity contribution in [2.24, 2.45) is 0 Å². The van der Waals surface area contributed by atoms with Crippen LogP contribution in [0, 0.1) is 0 Å². The van der Waals surface area contributed by atoms with Gasteiger partial charge >= 0.3 is 6.01 Å². The molecule has 0 aliphatic rings. The van der Waals surface area contributed by atoms with Crippen LogP contribution in [-0.4, -0.2) is 23.2 Å². The zero-order chi connectivity index (χ0) is 17.8. The van der Waals surface area contributed by atoms with E-state index >= 15 is 0 Å². The van der Waals surface area contributed by atoms with Gasteiger partial charge < -0.3 is 9.26 Å². The molecule has 2 N–H and O–H groups in total. The molecule has 3 aromatic rings. The number of rotatable bonds is 5. The number of aromatic nitrogens is 2. The smallest absolute Gasteiger partial charge is 0.340 e. The number of hydrogen-bond donors (Lipinski definition) is 2. The molecule has 0 unspecified atom stereocenters. The maximum atomic E-state index is 12.3. The van der Waals surface area contributed by atoms with Crippen LogP contribution in [-0.2, 0) is 0 Å². The number of carbonyl (C=O) groups excluding carboxylic acids is 1. The third-order valence-corrected chi connectivity index (χ3v) is 4.17. The Labute approximate surface area is 156 Å². The van der Waals surface area contributed by atoms with E-state index in [1.807, 2.05) is 0 Å². The van der Waals surface area contributed by atoms with Gasteiger partial charge in [0.15, 0.2) is 0 Å². The maximum absolute atomic E-state index is 12.3. The molecule has 1 heterocycles. The van der Waals surface area contributed by atoms with Crippen LogP contribution in [0.2, 0.25) is 5.02 Å². The van der Waals surface area contributed by atoms with E-state index in [0.717, 1.165) is 5.56 Å². The lowest BCUT2D eigenvalue weighted by molar-refractivity contribution is 0.0960. The highest BCUT2D eigenvalue weighted by molar-refractivity contribution is 9.10. The van der Waals surface area contributed by atoms with Gasteiger partial charge in [0.05, 0.1) is 12.7 Å². The molecule has 0 bridgehead atoms. The molecule has 0 aliphatic heterocycles. The van der Waals surface area contributed by atoms with Gasteiger partial charge in [0.2, 0.25) is 5.82 Å². The summed E-state index contributed by atoms with van der Waals surface area (Å²) < 4.78 is 10.8. The van der Waals surface area contributed by atoms with Crippen LogP contribution in [0.3, 0.4) is 0 Å². The highest BCUT2D eigenvalue weighted by Crippen LogP contribution is 2.23. The highest BCUT2D eigenvalue weighted by atomic mass is 79.9. The molecule has 0 saturated carbocycles. The van der Waals surface area contributed by atoms with Crippen molar-refractivity contribution in [1.29, 1.82) is 0 Å². The minimum atomic E-state index is -0.392. The van der Waals surface area contributed by atoms with E-state index in [1.165, 1.54) is 7.11 Å². The topological polar surface area (TPSA) is 89.3 Å². The van der Waals surface area contributed by atoms with E-state index in [0.29, 0.717) is 26.6 Å². The standard InChI is InChI=1S/C16H12BrClN4O3/c1-24-11-6-7-13(17)12(8-11)15(23)20-21-16-19-14(22-25-16)9-2-4-10(18)5-3-9/h2-8H,1H3,(H,20,23)(H,19,21,22). The molecule has 0 saturated heterocycles. The molecule has 0 fully saturated rings. The molecule has 0 radical (unpaired) electrons. The zero-order valence-corrected chi connectivity index (χ0v) is 15.3. The van der Waals surface area contributed by atoms with Crippen molar-refractivity contribution < 1.29 is 14.1 Å². The number of carbonyl (C=O) groups is 1. The average molecular weight is 424 g/mol. The lowest BCUT2D eigenvalue weighted by Gasteiger charge is -2.08. The molecule has 2 aromatic carbocycles. The van der Waals surface area contributed by atoms with Crippen molar-refractivity contribution >= 4 is 39.5 Å². The second kappa shape index (κ2) is 7.54. The summed E-state index contributed by atoms with van der Waals surface area (Å²) in [5.41, 5.74) is 6.20. The lowest BCUT2D eigenvalue weighted by Crippen LogP contribution is -2.29. The van der Waals surface area contributed by atoms with E-state index in [1.54, 1.807) is 42.5 Å². The van der Waals surface area contributed by atoms with Crippen LogP contribution in [0.25, 0.3) is 11.4 Å². The van der Waals surface area contributed by atoms with E-state index in [2.05, 4.69) is 36.9 Å². The van der Waals surface area contributed by atoms with Crippen molar-refractivity contribution in [3.8, 4) is 17.1 Å². The molecule has 128 valence electrons. The van der Waals surface area contributed by atoms with Gasteiger partial charge in [-0.05, 0) is 58.4 Å². The first-order valence-electron chi connectivity index (χ1n) is 7.06. The summed E-state index contributed by atoms with van der Waals surface area (Å²) in [5, 5.41) is 4.45. The first kappa shape index (κ1) is 17.2. The highest BCUT2D eigenvalue weighted by Gasteiger charge is 2.13. The largest absolute Gasteiger partial charge is 0.497 e. The molecular formula is C16H12BrClN4O3. The SMILES string of the molecule is COc1ccc(Br)c(C(=O)NNc2nc(-c3ccc(Cl)cc3)no2)c1. The van der Waals surface area contributed by atoms with Crippen LogP contribution in [0.15, 0.2) is 51.5 Å². The van der Waals surface area contributed by atoms with E-state index < -0.39 is 5.91 Å². The molecule has 7 nitrogen and oxygen atoms in total. The molecular weight excluding hydrogens is 412 g/mol. The van der Waals surface area contributed by atoms with E-state index in [9.17, 15) is 4.79 Å². The predicted octanol–water partition coefficient (Wildman–Crippen LogP) is 3.92. The molecule has 1 aromatic heterocycles. The van der Waals surface area contributed by atoms with Gasteiger partial charge in [0.25, 0.3) is 5.91 Å². The minimum absolute atomic E-state index is 0.0531. The van der Waals surface area contributed by atoms with Crippen molar-refractivity contribution in [1.82, 2.24) is 15.6 Å². The fraction of sp³-hybridized carbons (Fsp3) is 0.0625. The van der Waals surface area contributed by atoms with Gasteiger partial charge in [-0.2, -0.15) is 4.98 Å². The Balaban J connectivity index is 1.68. The molecule has 3 rings (SSSR count). The Morgan fingerprint density at radius 1 is 1.24 bits per heavy atom. The monoisotopic (exact) mass is 422 g/mol. The van der Waals surface area contributed by atoms with Gasteiger partial charge in [-0.3, -0.25) is 10.2 Å². The molecule has 9 heteroatoms. The van der Waals surface area contributed by atoms with Crippen LogP contribution < -0.4 is 15.6 Å². The predicted molar refractivity (Wildman–Crippen MR) is 96.5 cm³/mol. The van der Waals surface area contributed by atoms with Gasteiger partial charge in [0.1, 0.15) is 5.75 Å². The number of halogens is 2. The number of hydrazine groups is 1. The minimum Gasteiger partial charge on any atom is -0.497 e. The summed E-state index contributed by atoms with van der Waals surface area (Å²) in [6.07, 6.45) is 0. The van der Waals surface area contributed by atoms with E-state index in [4.69, 9.17) is 20.9 Å². The van der Waals surface area contributed by atoms with E-state index in [-0.39, 0.29) is 6.01 Å². The van der Waals surface area contributed by atoms with Crippen LogP contribution in [0.1, 0.15) is 10.4 Å². The zero-order valence-electron chi connectivity index (χ0n) is 12.9. The normalized spacial score (nSPS) is 10.4. The van der Waals surface area contributed by atoms with Crippen molar-refractivity contribution in [2.75, 3.05) is 12.5 Å². The Hall–Kier alpha value is -2.58. The molecule has 0 aliphatic carbocycles. The number of ether oxygens (including phenoxy) is 1. The Morgan fingerprint density at radius 3 is 2.72 bits per heavy atom. The second-order valence-electron chi connectivity index (χ2n) is 4.85. The Bertz CT molecular complexity index is 899. The number of anilines is 1. The van der Waals surface area contributed by atoms with Crippen LogP contribution in [0.5, 0.6) is 5.75 Å². The lowest BCUT2D eigenvalue weighted by atomic mass is 10.2. The van der Waals surface area contributed by atoms with Crippen LogP contribution in [0.4, 0.5) is 6.01 Å². The number of methoxy groups -OCH3 is 1. The molecule has 25 heavy (non-hydrogen) atoms. The van der Waals surface area contributed by atoms with Crippen LogP contribution >= 0.6 is 27.5 Å². The summed E-state index contributed by atoms with van der Waals surface area (Å²) in [5.74, 6) is 0.546. The fourth-order valence-electron chi connectivity index (χ4n) is 1.97. The summed E-state index contributed by atoms with van der Waals surface area (Å²) in [6.45, 7) is 0. The average Bonchev–Trinajstić information content (AvgIpc) is 3.09. The number of hydrogen-bond acceptors (Lipinski definition) is 6. The first-order chi connectivity index (χ1) is 12.1. The maximum Gasteiger partial charge on any atom is 0.340 e. The number of benzene rings is 2. The summed E-state index contributed by atoms with van der Waals surface area (Å²) in [4.78, 5) is 16.4. The summed E-state index contributed by atoms with van der Waals surface area (Å²) >= 11 is 9.17. The summed E-state index contributed by atoms with van der Waals surface area (Å²) in [7, 11) is 1.53. The van der Waals surface area contributed by atoms with Crippen molar-refractivity contribution in [3.63, 3.8) is 0 Å². The Kier molecular flexibility index (Phi) is 5.20. The summed E-state index contributed by atoms with van der Waals surface area (Å²) in [6, 6.07) is 12.1. The molecule has 1 amide bonds.